The third-order valence-corrected chi connectivity index (χ3v) is 6.08. The van der Waals surface area contributed by atoms with Crippen LogP contribution >= 0.6 is 45.6 Å². The van der Waals surface area contributed by atoms with Crippen molar-refractivity contribution in [2.75, 3.05) is 0 Å². The van der Waals surface area contributed by atoms with E-state index in [1.54, 1.807) is 22.7 Å². The SMILES string of the molecule is O=Cc1cc(-c2ccc(Cl)s2)sc1-c1cccs1. The number of halogens is 1. The summed E-state index contributed by atoms with van der Waals surface area (Å²) >= 11 is 10.8. The molecule has 0 atom stereocenters. The van der Waals surface area contributed by atoms with Crippen molar-refractivity contribution in [3.8, 4) is 19.5 Å². The molecule has 0 saturated carbocycles. The Morgan fingerprint density at radius 1 is 1.06 bits per heavy atom. The summed E-state index contributed by atoms with van der Waals surface area (Å²) in [6.45, 7) is 0. The summed E-state index contributed by atoms with van der Waals surface area (Å²) in [4.78, 5) is 15.5. The summed E-state index contributed by atoms with van der Waals surface area (Å²) in [5.41, 5.74) is 0.752. The van der Waals surface area contributed by atoms with E-state index >= 15 is 0 Å². The van der Waals surface area contributed by atoms with Crippen LogP contribution in [0.25, 0.3) is 19.5 Å². The lowest BCUT2D eigenvalue weighted by molar-refractivity contribution is 0.112. The number of rotatable bonds is 3. The predicted octanol–water partition coefficient (Wildman–Crippen LogP) is 5.67. The fraction of sp³-hybridized carbons (Fsp3) is 0. The average Bonchev–Trinajstić information content (AvgIpc) is 3.07. The summed E-state index contributed by atoms with van der Waals surface area (Å²) in [6, 6.07) is 9.85. The molecule has 0 unspecified atom stereocenters. The van der Waals surface area contributed by atoms with Gasteiger partial charge in [0.25, 0.3) is 0 Å². The highest BCUT2D eigenvalue weighted by atomic mass is 35.5. The van der Waals surface area contributed by atoms with E-state index in [-0.39, 0.29) is 0 Å². The Labute approximate surface area is 121 Å². The second-order valence-electron chi connectivity index (χ2n) is 3.59. The van der Waals surface area contributed by atoms with Crippen molar-refractivity contribution in [1.29, 1.82) is 0 Å². The van der Waals surface area contributed by atoms with Crippen LogP contribution < -0.4 is 0 Å². The molecule has 0 bridgehead atoms. The van der Waals surface area contributed by atoms with Gasteiger partial charge in [-0.3, -0.25) is 4.79 Å². The van der Waals surface area contributed by atoms with Crippen molar-refractivity contribution < 1.29 is 4.79 Å². The molecular formula is C13H7ClOS3. The molecule has 0 aliphatic rings. The Morgan fingerprint density at radius 2 is 1.94 bits per heavy atom. The van der Waals surface area contributed by atoms with Gasteiger partial charge in [-0.05, 0) is 29.6 Å². The molecule has 0 aromatic carbocycles. The van der Waals surface area contributed by atoms with Gasteiger partial charge in [-0.2, -0.15) is 0 Å². The van der Waals surface area contributed by atoms with Crippen LogP contribution in [0.2, 0.25) is 4.34 Å². The van der Waals surface area contributed by atoms with Crippen LogP contribution in [-0.4, -0.2) is 6.29 Å². The zero-order valence-corrected chi connectivity index (χ0v) is 12.3. The Kier molecular flexibility index (Phi) is 3.35. The van der Waals surface area contributed by atoms with Crippen LogP contribution in [0.3, 0.4) is 0 Å². The number of carbonyl (C=O) groups excluding carboxylic acids is 1. The zero-order chi connectivity index (χ0) is 12.5. The Morgan fingerprint density at radius 3 is 2.56 bits per heavy atom. The Bertz CT molecular complexity index is 679. The molecule has 0 fully saturated rings. The number of carbonyl (C=O) groups is 1. The molecule has 3 aromatic rings. The third-order valence-electron chi connectivity index (χ3n) is 2.45. The summed E-state index contributed by atoms with van der Waals surface area (Å²) in [6.07, 6.45) is 0.921. The first-order valence-corrected chi connectivity index (χ1v) is 8.05. The van der Waals surface area contributed by atoms with E-state index < -0.39 is 0 Å². The van der Waals surface area contributed by atoms with Gasteiger partial charge in [0.2, 0.25) is 0 Å². The van der Waals surface area contributed by atoms with Gasteiger partial charge in [0.05, 0.1) is 9.21 Å². The molecule has 0 radical (unpaired) electrons. The van der Waals surface area contributed by atoms with E-state index in [9.17, 15) is 4.79 Å². The molecule has 90 valence electrons. The summed E-state index contributed by atoms with van der Waals surface area (Å²) in [5.74, 6) is 0. The maximum atomic E-state index is 11.2. The van der Waals surface area contributed by atoms with E-state index in [1.165, 1.54) is 11.3 Å². The lowest BCUT2D eigenvalue weighted by Crippen LogP contribution is -1.75. The standard InChI is InChI=1S/C13H7ClOS3/c14-12-4-3-9(17-12)11-6-8(7-15)13(18-11)10-2-1-5-16-10/h1-7H. The van der Waals surface area contributed by atoms with E-state index in [0.717, 1.165) is 35.7 Å². The quantitative estimate of drug-likeness (QED) is 0.569. The number of hydrogen-bond donors (Lipinski definition) is 0. The normalized spacial score (nSPS) is 10.7. The molecule has 3 heterocycles. The highest BCUT2D eigenvalue weighted by Crippen LogP contribution is 2.42. The van der Waals surface area contributed by atoms with Crippen molar-refractivity contribution in [3.05, 3.63) is 45.6 Å². The van der Waals surface area contributed by atoms with Crippen LogP contribution in [-0.2, 0) is 0 Å². The molecule has 0 aliphatic heterocycles. The molecule has 0 spiro atoms. The smallest absolute Gasteiger partial charge is 0.151 e. The van der Waals surface area contributed by atoms with Gasteiger partial charge in [-0.25, -0.2) is 0 Å². The van der Waals surface area contributed by atoms with Gasteiger partial charge < -0.3 is 0 Å². The fourth-order valence-corrected chi connectivity index (χ4v) is 4.79. The van der Waals surface area contributed by atoms with Crippen molar-refractivity contribution >= 4 is 51.9 Å². The van der Waals surface area contributed by atoms with E-state index in [1.807, 2.05) is 35.7 Å². The van der Waals surface area contributed by atoms with Crippen molar-refractivity contribution in [1.82, 2.24) is 0 Å². The fourth-order valence-electron chi connectivity index (χ4n) is 1.66. The predicted molar refractivity (Wildman–Crippen MR) is 81.3 cm³/mol. The van der Waals surface area contributed by atoms with Crippen LogP contribution in [0.1, 0.15) is 10.4 Å². The van der Waals surface area contributed by atoms with Gasteiger partial charge in [0.15, 0.2) is 6.29 Å². The van der Waals surface area contributed by atoms with E-state index in [4.69, 9.17) is 11.6 Å². The number of thiophene rings is 3. The molecule has 3 aromatic heterocycles. The lowest BCUT2D eigenvalue weighted by Gasteiger charge is -1.91. The van der Waals surface area contributed by atoms with E-state index in [0.29, 0.717) is 0 Å². The highest BCUT2D eigenvalue weighted by Gasteiger charge is 2.13. The number of hydrogen-bond acceptors (Lipinski definition) is 4. The Hall–Kier alpha value is -0.940. The van der Waals surface area contributed by atoms with Crippen LogP contribution in [0.5, 0.6) is 0 Å². The Balaban J connectivity index is 2.11. The summed E-state index contributed by atoms with van der Waals surface area (Å²) < 4.78 is 0.767. The first-order valence-electron chi connectivity index (χ1n) is 5.16. The molecule has 0 N–H and O–H groups in total. The lowest BCUT2D eigenvalue weighted by atomic mass is 10.2. The first-order chi connectivity index (χ1) is 8.78. The second kappa shape index (κ2) is 4.97. The van der Waals surface area contributed by atoms with E-state index in [2.05, 4.69) is 0 Å². The molecular weight excluding hydrogens is 304 g/mol. The summed E-state index contributed by atoms with van der Waals surface area (Å²) in [5, 5.41) is 2.02. The van der Waals surface area contributed by atoms with Gasteiger partial charge >= 0.3 is 0 Å². The van der Waals surface area contributed by atoms with Crippen molar-refractivity contribution in [2.45, 2.75) is 0 Å². The molecule has 3 rings (SSSR count). The van der Waals surface area contributed by atoms with Gasteiger partial charge in [-0.15, -0.1) is 34.0 Å². The molecule has 0 aliphatic carbocycles. The van der Waals surface area contributed by atoms with Crippen molar-refractivity contribution in [3.63, 3.8) is 0 Å². The zero-order valence-electron chi connectivity index (χ0n) is 9.05. The molecule has 5 heteroatoms. The topological polar surface area (TPSA) is 17.1 Å². The maximum Gasteiger partial charge on any atom is 0.151 e. The largest absolute Gasteiger partial charge is 0.298 e. The molecule has 18 heavy (non-hydrogen) atoms. The van der Waals surface area contributed by atoms with Gasteiger partial charge in [-0.1, -0.05) is 17.7 Å². The highest BCUT2D eigenvalue weighted by molar-refractivity contribution is 7.27. The minimum atomic E-state index is 0.752. The van der Waals surface area contributed by atoms with Crippen LogP contribution in [0.4, 0.5) is 0 Å². The molecule has 0 amide bonds. The molecule has 0 saturated heterocycles. The van der Waals surface area contributed by atoms with Gasteiger partial charge in [0.1, 0.15) is 0 Å². The monoisotopic (exact) mass is 310 g/mol. The average molecular weight is 311 g/mol. The first kappa shape index (κ1) is 12.1. The van der Waals surface area contributed by atoms with Crippen molar-refractivity contribution in [2.24, 2.45) is 0 Å². The minimum absolute atomic E-state index is 0.752. The third kappa shape index (κ3) is 2.17. The molecule has 1 nitrogen and oxygen atoms in total. The summed E-state index contributed by atoms with van der Waals surface area (Å²) in [7, 11) is 0. The number of aldehydes is 1. The maximum absolute atomic E-state index is 11.2. The van der Waals surface area contributed by atoms with Crippen LogP contribution in [0.15, 0.2) is 35.7 Å². The van der Waals surface area contributed by atoms with Gasteiger partial charge in [0, 0.05) is 20.2 Å². The van der Waals surface area contributed by atoms with Crippen LogP contribution in [0, 0.1) is 0 Å². The minimum Gasteiger partial charge on any atom is -0.298 e. The second-order valence-corrected chi connectivity index (χ2v) is 7.31.